The summed E-state index contributed by atoms with van der Waals surface area (Å²) in [5.41, 5.74) is 4.47. The molecule has 0 aromatic heterocycles. The Bertz CT molecular complexity index is 863. The summed E-state index contributed by atoms with van der Waals surface area (Å²) in [6.07, 6.45) is 8.59. The van der Waals surface area contributed by atoms with Crippen molar-refractivity contribution in [3.05, 3.63) is 75.9 Å². The Morgan fingerprint density at radius 1 is 1.15 bits per heavy atom. The zero-order valence-electron chi connectivity index (χ0n) is 15.1. The molecule has 0 fully saturated rings. The van der Waals surface area contributed by atoms with Gasteiger partial charge in [-0.3, -0.25) is 0 Å². The fraction of sp³-hybridized carbons (Fsp3) is 0.143. The zero-order chi connectivity index (χ0) is 18.9. The SMILES string of the molecule is C/C=C\C=NC=N/C(=C/Nc1c(C)cccc1C)c1cc(Br)ccc1O. The van der Waals surface area contributed by atoms with Crippen LogP contribution in [0.1, 0.15) is 23.6 Å². The highest BCUT2D eigenvalue weighted by Gasteiger charge is 2.08. The summed E-state index contributed by atoms with van der Waals surface area (Å²) in [5, 5.41) is 13.6. The van der Waals surface area contributed by atoms with E-state index in [0.717, 1.165) is 21.3 Å². The van der Waals surface area contributed by atoms with Gasteiger partial charge < -0.3 is 10.4 Å². The van der Waals surface area contributed by atoms with Crippen LogP contribution in [0.3, 0.4) is 0 Å². The third-order valence-corrected chi connectivity index (χ3v) is 4.19. The fourth-order valence-corrected chi connectivity index (χ4v) is 2.71. The number of nitrogens with one attached hydrogen (secondary N) is 1. The Balaban J connectivity index is 2.41. The zero-order valence-corrected chi connectivity index (χ0v) is 16.7. The van der Waals surface area contributed by atoms with Crippen LogP contribution in [0.25, 0.3) is 5.70 Å². The van der Waals surface area contributed by atoms with Crippen molar-refractivity contribution in [2.24, 2.45) is 9.98 Å². The molecule has 0 radical (unpaired) electrons. The Kier molecular flexibility index (Phi) is 7.36. The van der Waals surface area contributed by atoms with Gasteiger partial charge in [-0.2, -0.15) is 0 Å². The molecule has 0 saturated carbocycles. The number of aliphatic imine (C=N–C) groups is 2. The summed E-state index contributed by atoms with van der Waals surface area (Å²) < 4.78 is 0.857. The van der Waals surface area contributed by atoms with Crippen molar-refractivity contribution in [2.75, 3.05) is 5.32 Å². The van der Waals surface area contributed by atoms with E-state index in [-0.39, 0.29) is 5.75 Å². The van der Waals surface area contributed by atoms with E-state index in [0.29, 0.717) is 11.3 Å². The number of aromatic hydroxyl groups is 1. The molecule has 2 N–H and O–H groups in total. The lowest BCUT2D eigenvalue weighted by Gasteiger charge is -2.11. The van der Waals surface area contributed by atoms with Crippen molar-refractivity contribution in [3.8, 4) is 5.75 Å². The van der Waals surface area contributed by atoms with Crippen LogP contribution >= 0.6 is 15.9 Å². The van der Waals surface area contributed by atoms with Crippen molar-refractivity contribution in [3.63, 3.8) is 0 Å². The normalized spacial score (nSPS) is 12.5. The van der Waals surface area contributed by atoms with Gasteiger partial charge in [-0.05, 0) is 56.2 Å². The number of benzene rings is 2. The van der Waals surface area contributed by atoms with Crippen LogP contribution in [0.5, 0.6) is 5.75 Å². The summed E-state index contributed by atoms with van der Waals surface area (Å²) in [7, 11) is 0. The van der Waals surface area contributed by atoms with Crippen molar-refractivity contribution in [1.82, 2.24) is 0 Å². The summed E-state index contributed by atoms with van der Waals surface area (Å²) >= 11 is 3.44. The molecule has 2 aromatic rings. The van der Waals surface area contributed by atoms with Crippen molar-refractivity contribution in [2.45, 2.75) is 20.8 Å². The maximum Gasteiger partial charge on any atom is 0.125 e. The fourth-order valence-electron chi connectivity index (χ4n) is 2.35. The minimum atomic E-state index is 0.150. The summed E-state index contributed by atoms with van der Waals surface area (Å²) in [6.45, 7) is 6.01. The number of phenols is 1. The van der Waals surface area contributed by atoms with Gasteiger partial charge in [0, 0.05) is 28.1 Å². The molecule has 2 aromatic carbocycles. The first-order valence-electron chi connectivity index (χ1n) is 8.21. The van der Waals surface area contributed by atoms with Gasteiger partial charge in [0.25, 0.3) is 0 Å². The Morgan fingerprint density at radius 3 is 2.58 bits per heavy atom. The molecule has 134 valence electrons. The molecule has 0 aliphatic carbocycles. The highest BCUT2D eigenvalue weighted by molar-refractivity contribution is 9.10. The Morgan fingerprint density at radius 2 is 1.88 bits per heavy atom. The van der Waals surface area contributed by atoms with Gasteiger partial charge in [-0.1, -0.05) is 40.2 Å². The van der Waals surface area contributed by atoms with Crippen LogP contribution in [-0.2, 0) is 0 Å². The predicted octanol–water partition coefficient (Wildman–Crippen LogP) is 5.86. The lowest BCUT2D eigenvalue weighted by molar-refractivity contribution is 0.473. The molecule has 0 unspecified atom stereocenters. The second kappa shape index (κ2) is 9.73. The average Bonchev–Trinajstić information content (AvgIpc) is 2.61. The highest BCUT2D eigenvalue weighted by atomic mass is 79.9. The molecule has 0 aliphatic heterocycles. The van der Waals surface area contributed by atoms with Gasteiger partial charge in [-0.15, -0.1) is 0 Å². The van der Waals surface area contributed by atoms with Crippen LogP contribution in [-0.4, -0.2) is 17.7 Å². The van der Waals surface area contributed by atoms with E-state index in [2.05, 4.69) is 31.2 Å². The minimum absolute atomic E-state index is 0.150. The second-order valence-electron chi connectivity index (χ2n) is 5.67. The van der Waals surface area contributed by atoms with Crippen LogP contribution in [0, 0.1) is 13.8 Å². The minimum Gasteiger partial charge on any atom is -0.507 e. The van der Waals surface area contributed by atoms with Crippen LogP contribution in [0.15, 0.2) is 69.2 Å². The highest BCUT2D eigenvalue weighted by Crippen LogP contribution is 2.30. The molecular formula is C21H22BrN3O. The smallest absolute Gasteiger partial charge is 0.125 e. The topological polar surface area (TPSA) is 57.0 Å². The largest absolute Gasteiger partial charge is 0.507 e. The molecule has 0 saturated heterocycles. The van der Waals surface area contributed by atoms with Crippen LogP contribution in [0.2, 0.25) is 0 Å². The molecule has 0 amide bonds. The monoisotopic (exact) mass is 411 g/mol. The van der Waals surface area contributed by atoms with Crippen LogP contribution in [0.4, 0.5) is 5.69 Å². The number of halogens is 1. The number of allylic oxidation sites excluding steroid dienone is 2. The lowest BCUT2D eigenvalue weighted by atomic mass is 10.1. The van der Waals surface area contributed by atoms with E-state index in [9.17, 15) is 5.11 Å². The third-order valence-electron chi connectivity index (χ3n) is 3.70. The summed E-state index contributed by atoms with van der Waals surface area (Å²) in [4.78, 5) is 8.51. The number of rotatable bonds is 6. The summed E-state index contributed by atoms with van der Waals surface area (Å²) in [5.74, 6) is 0.150. The van der Waals surface area contributed by atoms with E-state index < -0.39 is 0 Å². The molecular weight excluding hydrogens is 390 g/mol. The number of nitrogens with zero attached hydrogens (tertiary/aromatic N) is 2. The van der Waals surface area contributed by atoms with Gasteiger partial charge in [0.15, 0.2) is 0 Å². The van der Waals surface area contributed by atoms with E-state index >= 15 is 0 Å². The molecule has 5 heteroatoms. The number of phenolic OH excluding ortho intramolecular Hbond substituents is 1. The molecule has 0 heterocycles. The maximum absolute atomic E-state index is 10.2. The molecule has 26 heavy (non-hydrogen) atoms. The number of para-hydroxylation sites is 1. The summed E-state index contributed by atoms with van der Waals surface area (Å²) in [6, 6.07) is 11.3. The standard InChI is InChI=1S/C21H22BrN3O/c1-4-5-11-23-14-25-19(18-12-17(22)9-10-20(18)26)13-24-21-15(2)7-6-8-16(21)3/h4-14,24,26H,1-3H3/b5-4-,19-13+,23-11?,25-14?. The number of anilines is 1. The molecule has 0 atom stereocenters. The van der Waals surface area contributed by atoms with Gasteiger partial charge >= 0.3 is 0 Å². The van der Waals surface area contributed by atoms with Crippen molar-refractivity contribution in [1.29, 1.82) is 0 Å². The van der Waals surface area contributed by atoms with E-state index in [4.69, 9.17) is 0 Å². The molecule has 2 rings (SSSR count). The number of hydrogen-bond donors (Lipinski definition) is 2. The quantitative estimate of drug-likeness (QED) is 0.461. The van der Waals surface area contributed by atoms with Crippen molar-refractivity contribution < 1.29 is 5.11 Å². The van der Waals surface area contributed by atoms with Gasteiger partial charge in [0.2, 0.25) is 0 Å². The lowest BCUT2D eigenvalue weighted by Crippen LogP contribution is -1.96. The molecule has 4 nitrogen and oxygen atoms in total. The molecule has 0 spiro atoms. The first-order valence-corrected chi connectivity index (χ1v) is 9.01. The van der Waals surface area contributed by atoms with Gasteiger partial charge in [0.1, 0.15) is 12.1 Å². The molecule has 0 aliphatic rings. The first-order chi connectivity index (χ1) is 12.5. The Hall–Kier alpha value is -2.66. The Labute approximate surface area is 162 Å². The third kappa shape index (κ3) is 5.43. The van der Waals surface area contributed by atoms with Crippen molar-refractivity contribution >= 4 is 39.9 Å². The second-order valence-corrected chi connectivity index (χ2v) is 6.59. The van der Waals surface area contributed by atoms with E-state index in [1.54, 1.807) is 24.5 Å². The van der Waals surface area contributed by atoms with E-state index in [1.165, 1.54) is 6.34 Å². The van der Waals surface area contributed by atoms with Gasteiger partial charge in [0.05, 0.1) is 5.70 Å². The number of aryl methyl sites for hydroxylation is 2. The maximum atomic E-state index is 10.2. The van der Waals surface area contributed by atoms with E-state index in [1.807, 2.05) is 57.2 Å². The number of hydrogen-bond acceptors (Lipinski definition) is 3. The molecule has 0 bridgehead atoms. The average molecular weight is 412 g/mol. The predicted molar refractivity (Wildman–Crippen MR) is 115 cm³/mol. The first kappa shape index (κ1) is 19.7. The van der Waals surface area contributed by atoms with Crippen LogP contribution < -0.4 is 5.32 Å². The van der Waals surface area contributed by atoms with Gasteiger partial charge in [-0.25, -0.2) is 9.98 Å².